The minimum atomic E-state index is -0.440. The van der Waals surface area contributed by atoms with Crippen LogP contribution in [0, 0.1) is 10.8 Å². The van der Waals surface area contributed by atoms with Gasteiger partial charge in [0, 0.05) is 61.6 Å². The van der Waals surface area contributed by atoms with Crippen LogP contribution in [0.5, 0.6) is 11.5 Å². The van der Waals surface area contributed by atoms with Gasteiger partial charge in [-0.15, -0.1) is 0 Å². The maximum atomic E-state index is 13.9. The molecule has 2 aliphatic carbocycles. The summed E-state index contributed by atoms with van der Waals surface area (Å²) in [7, 11) is 3.30. The van der Waals surface area contributed by atoms with Gasteiger partial charge in [0.05, 0.1) is 11.6 Å². The molecule has 6 nitrogen and oxygen atoms in total. The fraction of sp³-hybridized carbons (Fsp3) is 0.548. The standard InChI is InChI=1S/C31H40BrNO5/c1-8-11-38-29-20(32)13-19(14-25(29)37-7)26-27-21(15-30(2,3)17-23(27)34)33(10-9-12-36-6)22-16-31(4,5)18-24(35)28(22)26/h8,13-14,26H,1,9-12,15-18H2,2-7H3. The summed E-state index contributed by atoms with van der Waals surface area (Å²) in [5.74, 6) is 0.914. The van der Waals surface area contributed by atoms with E-state index >= 15 is 0 Å². The molecule has 3 aliphatic rings. The van der Waals surface area contributed by atoms with Gasteiger partial charge in [-0.2, -0.15) is 0 Å². The zero-order chi connectivity index (χ0) is 27.8. The molecule has 0 atom stereocenters. The molecule has 1 aliphatic heterocycles. The van der Waals surface area contributed by atoms with Gasteiger partial charge in [0.2, 0.25) is 0 Å². The predicted molar refractivity (Wildman–Crippen MR) is 152 cm³/mol. The Morgan fingerprint density at radius 1 is 1.00 bits per heavy atom. The molecule has 1 aromatic rings. The van der Waals surface area contributed by atoms with E-state index in [1.807, 2.05) is 12.1 Å². The zero-order valence-electron chi connectivity index (χ0n) is 23.5. The monoisotopic (exact) mass is 585 g/mol. The average Bonchev–Trinajstić information content (AvgIpc) is 2.81. The number of carbonyl (C=O) groups is 2. The minimum Gasteiger partial charge on any atom is -0.493 e. The van der Waals surface area contributed by atoms with Gasteiger partial charge in [0.15, 0.2) is 23.1 Å². The lowest BCUT2D eigenvalue weighted by atomic mass is 9.63. The normalized spacial score (nSPS) is 20.9. The fourth-order valence-electron chi connectivity index (χ4n) is 6.21. The summed E-state index contributed by atoms with van der Waals surface area (Å²) in [6, 6.07) is 3.89. The molecule has 1 aromatic carbocycles. The van der Waals surface area contributed by atoms with Crippen LogP contribution in [0.15, 0.2) is 51.8 Å². The molecule has 0 aromatic heterocycles. The van der Waals surface area contributed by atoms with Gasteiger partial charge in [-0.05, 0) is 63.7 Å². The SMILES string of the molecule is C=CCOc1c(Br)cc(C2C3=C(CC(C)(C)CC3=O)N(CCCOC)C3=C2C(=O)CC(C)(C)C3)cc1OC. The summed E-state index contributed by atoms with van der Waals surface area (Å²) in [4.78, 5) is 30.2. The Hall–Kier alpha value is -2.38. The maximum Gasteiger partial charge on any atom is 0.175 e. The lowest BCUT2D eigenvalue weighted by Crippen LogP contribution is -2.44. The Bertz CT molecular complexity index is 1150. The summed E-state index contributed by atoms with van der Waals surface area (Å²) in [6.07, 6.45) is 4.96. The minimum absolute atomic E-state index is 0.115. The molecule has 0 amide bonds. The van der Waals surface area contributed by atoms with Gasteiger partial charge in [0.25, 0.3) is 0 Å². The summed E-state index contributed by atoms with van der Waals surface area (Å²) in [6.45, 7) is 14.0. The second kappa shape index (κ2) is 11.0. The number of rotatable bonds is 9. The van der Waals surface area contributed by atoms with E-state index < -0.39 is 5.92 Å². The van der Waals surface area contributed by atoms with Gasteiger partial charge in [0.1, 0.15) is 6.61 Å². The number of halogens is 1. The number of Topliss-reactive ketones (excluding diaryl/α,β-unsaturated/α-hetero) is 2. The number of nitrogens with zero attached hydrogens (tertiary/aromatic N) is 1. The van der Waals surface area contributed by atoms with E-state index in [0.717, 1.165) is 47.4 Å². The smallest absolute Gasteiger partial charge is 0.175 e. The molecule has 0 radical (unpaired) electrons. The third-order valence-corrected chi connectivity index (χ3v) is 8.27. The Kier molecular flexibility index (Phi) is 8.29. The molecule has 206 valence electrons. The van der Waals surface area contributed by atoms with Gasteiger partial charge < -0.3 is 19.1 Å². The molecule has 0 saturated heterocycles. The Morgan fingerprint density at radius 3 is 2.08 bits per heavy atom. The van der Waals surface area contributed by atoms with Crippen LogP contribution in [0.1, 0.15) is 71.3 Å². The van der Waals surface area contributed by atoms with Crippen LogP contribution in [-0.2, 0) is 14.3 Å². The highest BCUT2D eigenvalue weighted by atomic mass is 79.9. The van der Waals surface area contributed by atoms with Crippen molar-refractivity contribution < 1.29 is 23.8 Å². The number of benzene rings is 1. The van der Waals surface area contributed by atoms with Crippen molar-refractivity contribution in [3.63, 3.8) is 0 Å². The Morgan fingerprint density at radius 2 is 1.58 bits per heavy atom. The molecule has 0 bridgehead atoms. The number of hydrogen-bond donors (Lipinski definition) is 0. The van der Waals surface area contributed by atoms with Crippen molar-refractivity contribution in [3.8, 4) is 11.5 Å². The molecule has 0 unspecified atom stereocenters. The van der Waals surface area contributed by atoms with Crippen LogP contribution >= 0.6 is 15.9 Å². The van der Waals surface area contributed by atoms with Crippen molar-refractivity contribution in [3.05, 3.63) is 57.4 Å². The van der Waals surface area contributed by atoms with Crippen molar-refractivity contribution in [1.29, 1.82) is 0 Å². The van der Waals surface area contributed by atoms with Crippen LogP contribution in [0.4, 0.5) is 0 Å². The molecule has 0 fully saturated rings. The van der Waals surface area contributed by atoms with E-state index in [4.69, 9.17) is 14.2 Å². The van der Waals surface area contributed by atoms with Gasteiger partial charge >= 0.3 is 0 Å². The topological polar surface area (TPSA) is 65.1 Å². The molecule has 0 N–H and O–H groups in total. The van der Waals surface area contributed by atoms with Gasteiger partial charge in [-0.1, -0.05) is 40.3 Å². The highest BCUT2D eigenvalue weighted by Crippen LogP contribution is 2.55. The molecule has 38 heavy (non-hydrogen) atoms. The molecule has 4 rings (SSSR count). The predicted octanol–water partition coefficient (Wildman–Crippen LogP) is 6.74. The first-order valence-electron chi connectivity index (χ1n) is 13.3. The summed E-state index contributed by atoms with van der Waals surface area (Å²) in [5, 5.41) is 0. The van der Waals surface area contributed by atoms with Crippen molar-refractivity contribution in [2.24, 2.45) is 10.8 Å². The lowest BCUT2D eigenvalue weighted by Gasteiger charge is -2.49. The van der Waals surface area contributed by atoms with Crippen LogP contribution in [0.3, 0.4) is 0 Å². The number of hydrogen-bond acceptors (Lipinski definition) is 6. The van der Waals surface area contributed by atoms with Crippen LogP contribution < -0.4 is 9.47 Å². The van der Waals surface area contributed by atoms with Crippen LogP contribution in [0.25, 0.3) is 0 Å². The number of carbonyl (C=O) groups excluding carboxylic acids is 2. The van der Waals surface area contributed by atoms with Crippen LogP contribution in [0.2, 0.25) is 0 Å². The number of methoxy groups -OCH3 is 2. The van der Waals surface area contributed by atoms with E-state index in [2.05, 4.69) is 55.1 Å². The first kappa shape index (κ1) is 28.6. The molecule has 0 spiro atoms. The maximum absolute atomic E-state index is 13.9. The van der Waals surface area contributed by atoms with Crippen molar-refractivity contribution >= 4 is 27.5 Å². The van der Waals surface area contributed by atoms with Crippen molar-refractivity contribution in [1.82, 2.24) is 4.90 Å². The second-order valence-corrected chi connectivity index (χ2v) is 13.0. The van der Waals surface area contributed by atoms with E-state index in [-0.39, 0.29) is 22.4 Å². The number of allylic oxidation sites excluding steroid dienone is 4. The molecule has 7 heteroatoms. The van der Waals surface area contributed by atoms with Crippen LogP contribution in [-0.4, -0.2) is 50.4 Å². The summed E-state index contributed by atoms with van der Waals surface area (Å²) in [5.41, 5.74) is 4.15. The fourth-order valence-corrected chi connectivity index (χ4v) is 6.78. The van der Waals surface area contributed by atoms with E-state index in [9.17, 15) is 9.59 Å². The second-order valence-electron chi connectivity index (χ2n) is 12.2. The van der Waals surface area contributed by atoms with E-state index in [1.165, 1.54) is 0 Å². The lowest BCUT2D eigenvalue weighted by molar-refractivity contribution is -0.119. The van der Waals surface area contributed by atoms with E-state index in [1.54, 1.807) is 20.3 Å². The third kappa shape index (κ3) is 5.50. The number of ketones is 2. The van der Waals surface area contributed by atoms with Gasteiger partial charge in [-0.3, -0.25) is 9.59 Å². The first-order valence-corrected chi connectivity index (χ1v) is 14.1. The first-order chi connectivity index (χ1) is 17.9. The summed E-state index contributed by atoms with van der Waals surface area (Å²) < 4.78 is 17.7. The highest BCUT2D eigenvalue weighted by Gasteiger charge is 2.49. The van der Waals surface area contributed by atoms with Gasteiger partial charge in [-0.25, -0.2) is 0 Å². The molecular formula is C31H40BrNO5. The Balaban J connectivity index is 1.96. The molecular weight excluding hydrogens is 546 g/mol. The highest BCUT2D eigenvalue weighted by molar-refractivity contribution is 9.10. The quantitative estimate of drug-likeness (QED) is 0.236. The van der Waals surface area contributed by atoms with Crippen molar-refractivity contribution in [2.75, 3.05) is 34.0 Å². The summed E-state index contributed by atoms with van der Waals surface area (Å²) >= 11 is 3.67. The average molecular weight is 587 g/mol. The van der Waals surface area contributed by atoms with E-state index in [0.29, 0.717) is 48.6 Å². The third-order valence-electron chi connectivity index (χ3n) is 7.68. The zero-order valence-corrected chi connectivity index (χ0v) is 25.1. The largest absolute Gasteiger partial charge is 0.493 e. The van der Waals surface area contributed by atoms with Crippen molar-refractivity contribution in [2.45, 2.75) is 65.7 Å². The molecule has 0 saturated carbocycles. The Labute approximate surface area is 235 Å². The number of ether oxygens (including phenoxy) is 3. The molecule has 1 heterocycles.